The lowest BCUT2D eigenvalue weighted by atomic mass is 10.1. The number of aryl methyl sites for hydroxylation is 1. The summed E-state index contributed by atoms with van der Waals surface area (Å²) in [6, 6.07) is 0. The third-order valence-corrected chi connectivity index (χ3v) is 2.81. The molecule has 2 N–H and O–H groups in total. The third kappa shape index (κ3) is 4.48. The van der Waals surface area contributed by atoms with E-state index in [1.807, 2.05) is 6.92 Å². The van der Waals surface area contributed by atoms with Crippen LogP contribution in [0.3, 0.4) is 0 Å². The number of halogens is 1. The second-order valence-corrected chi connectivity index (χ2v) is 5.06. The van der Waals surface area contributed by atoms with Crippen molar-refractivity contribution in [3.8, 4) is 0 Å². The molecule has 0 fully saturated rings. The van der Waals surface area contributed by atoms with E-state index in [-0.39, 0.29) is 6.10 Å². The Morgan fingerprint density at radius 2 is 1.94 bits per heavy atom. The fraction of sp³-hybridized carbons (Fsp3) is 0.667. The molecule has 4 nitrogen and oxygen atoms in total. The number of hydrogen-bond donors (Lipinski definition) is 2. The molecule has 0 aliphatic carbocycles. The lowest BCUT2D eigenvalue weighted by molar-refractivity contribution is 0.161. The van der Waals surface area contributed by atoms with E-state index in [2.05, 4.69) is 29.1 Å². The van der Waals surface area contributed by atoms with Crippen LogP contribution in [0.5, 0.6) is 0 Å². The number of aromatic nitrogens is 2. The van der Waals surface area contributed by atoms with Crippen molar-refractivity contribution < 1.29 is 5.11 Å². The quantitative estimate of drug-likeness (QED) is 0.796. The number of aliphatic hydroxyl groups excluding tert-OH is 1. The van der Waals surface area contributed by atoms with E-state index < -0.39 is 0 Å². The van der Waals surface area contributed by atoms with Gasteiger partial charge in [0.15, 0.2) is 0 Å². The first-order chi connectivity index (χ1) is 7.90. The zero-order valence-corrected chi connectivity index (χ0v) is 11.5. The van der Waals surface area contributed by atoms with Crippen LogP contribution in [0.4, 0.5) is 5.82 Å². The van der Waals surface area contributed by atoms with Crippen LogP contribution in [0.1, 0.15) is 31.7 Å². The van der Waals surface area contributed by atoms with Gasteiger partial charge in [-0.05, 0) is 26.2 Å². The maximum Gasteiger partial charge on any atom is 0.137 e. The molecule has 1 unspecified atom stereocenters. The first kappa shape index (κ1) is 14.2. The lowest BCUT2D eigenvalue weighted by Crippen LogP contribution is -2.22. The second kappa shape index (κ2) is 6.17. The Bertz CT molecular complexity index is 382. The van der Waals surface area contributed by atoms with Crippen molar-refractivity contribution in [3.05, 3.63) is 16.5 Å². The van der Waals surface area contributed by atoms with Crippen LogP contribution in [-0.4, -0.2) is 27.7 Å². The Kier molecular flexibility index (Phi) is 5.15. The summed E-state index contributed by atoms with van der Waals surface area (Å²) in [6.07, 6.45) is 0.396. The molecule has 0 aliphatic rings. The first-order valence-electron chi connectivity index (χ1n) is 5.82. The average Bonchev–Trinajstić information content (AvgIpc) is 2.20. The molecule has 1 atom stereocenters. The molecule has 5 heteroatoms. The minimum absolute atomic E-state index is 0.372. The second-order valence-electron chi connectivity index (χ2n) is 4.70. The zero-order valence-electron chi connectivity index (χ0n) is 10.8. The summed E-state index contributed by atoms with van der Waals surface area (Å²) in [6.45, 7) is 8.30. The van der Waals surface area contributed by atoms with Gasteiger partial charge in [-0.2, -0.15) is 0 Å². The van der Waals surface area contributed by atoms with E-state index in [1.54, 1.807) is 6.92 Å². The van der Waals surface area contributed by atoms with Gasteiger partial charge in [-0.15, -0.1) is 0 Å². The van der Waals surface area contributed by atoms with Crippen molar-refractivity contribution in [1.29, 1.82) is 0 Å². The monoisotopic (exact) mass is 257 g/mol. The molecule has 0 amide bonds. The van der Waals surface area contributed by atoms with Crippen molar-refractivity contribution >= 4 is 17.4 Å². The molecule has 0 saturated carbocycles. The van der Waals surface area contributed by atoms with E-state index in [9.17, 15) is 5.11 Å². The van der Waals surface area contributed by atoms with Crippen LogP contribution < -0.4 is 5.32 Å². The van der Waals surface area contributed by atoms with Crippen LogP contribution in [0.25, 0.3) is 0 Å². The molecule has 1 aromatic rings. The van der Waals surface area contributed by atoms with Crippen LogP contribution in [0.15, 0.2) is 0 Å². The van der Waals surface area contributed by atoms with Gasteiger partial charge in [-0.1, -0.05) is 25.4 Å². The number of anilines is 1. The number of aliphatic hydroxyl groups is 1. The Morgan fingerprint density at radius 1 is 1.29 bits per heavy atom. The molecule has 0 radical (unpaired) electrons. The number of hydrogen-bond acceptors (Lipinski definition) is 4. The summed E-state index contributed by atoms with van der Waals surface area (Å²) in [5, 5.41) is 13.3. The molecule has 1 aromatic heterocycles. The van der Waals surface area contributed by atoms with Crippen molar-refractivity contribution in [2.75, 3.05) is 11.9 Å². The van der Waals surface area contributed by atoms with Gasteiger partial charge in [0.25, 0.3) is 0 Å². The van der Waals surface area contributed by atoms with E-state index >= 15 is 0 Å². The van der Waals surface area contributed by atoms with Gasteiger partial charge in [0.05, 0.1) is 6.10 Å². The van der Waals surface area contributed by atoms with Gasteiger partial charge in [-0.3, -0.25) is 0 Å². The number of nitrogens with one attached hydrogen (secondary N) is 1. The minimum atomic E-state index is -0.372. The molecule has 0 saturated heterocycles. The molecule has 17 heavy (non-hydrogen) atoms. The highest BCUT2D eigenvalue weighted by Gasteiger charge is 2.10. The molecule has 0 aliphatic heterocycles. The highest BCUT2D eigenvalue weighted by atomic mass is 35.5. The minimum Gasteiger partial charge on any atom is -0.391 e. The summed E-state index contributed by atoms with van der Waals surface area (Å²) in [5.74, 6) is 1.80. The number of nitrogens with zero attached hydrogens (tertiary/aromatic N) is 2. The summed E-state index contributed by atoms with van der Waals surface area (Å²) in [4.78, 5) is 8.33. The van der Waals surface area contributed by atoms with Crippen molar-refractivity contribution in [2.45, 2.75) is 40.2 Å². The summed E-state index contributed by atoms with van der Waals surface area (Å²) in [7, 11) is 0. The van der Waals surface area contributed by atoms with Gasteiger partial charge < -0.3 is 10.4 Å². The van der Waals surface area contributed by atoms with Crippen molar-refractivity contribution in [3.63, 3.8) is 0 Å². The maximum absolute atomic E-state index is 9.77. The van der Waals surface area contributed by atoms with Gasteiger partial charge >= 0.3 is 0 Å². The van der Waals surface area contributed by atoms with E-state index in [4.69, 9.17) is 11.6 Å². The van der Waals surface area contributed by atoms with E-state index in [0.717, 1.165) is 12.0 Å². The van der Waals surface area contributed by atoms with Gasteiger partial charge in [0.1, 0.15) is 16.8 Å². The zero-order chi connectivity index (χ0) is 13.0. The largest absolute Gasteiger partial charge is 0.391 e. The fourth-order valence-corrected chi connectivity index (χ4v) is 1.82. The molecule has 1 heterocycles. The van der Waals surface area contributed by atoms with Gasteiger partial charge in [0, 0.05) is 12.1 Å². The number of rotatable bonds is 5. The van der Waals surface area contributed by atoms with Gasteiger partial charge in [-0.25, -0.2) is 9.97 Å². The molecule has 0 aromatic carbocycles. The summed E-state index contributed by atoms with van der Waals surface area (Å²) < 4.78 is 0. The third-order valence-electron chi connectivity index (χ3n) is 2.45. The van der Waals surface area contributed by atoms with E-state index in [1.165, 1.54) is 0 Å². The Hall–Kier alpha value is -0.870. The Balaban J connectivity index is 2.63. The topological polar surface area (TPSA) is 58.0 Å². The van der Waals surface area contributed by atoms with Crippen LogP contribution in [0.2, 0.25) is 5.15 Å². The predicted molar refractivity (Wildman–Crippen MR) is 70.5 cm³/mol. The Morgan fingerprint density at radius 3 is 2.53 bits per heavy atom. The molecule has 0 spiro atoms. The summed E-state index contributed by atoms with van der Waals surface area (Å²) in [5.41, 5.74) is 0.814. The fourth-order valence-electron chi connectivity index (χ4n) is 1.61. The van der Waals surface area contributed by atoms with Crippen LogP contribution in [0, 0.1) is 19.8 Å². The standard InChI is InChI=1S/C12H20ClN3O/c1-7(2)5-10(17)6-14-12-8(3)11(13)15-9(4)16-12/h7,10,17H,5-6H2,1-4H3,(H,14,15,16). The normalized spacial score (nSPS) is 12.9. The molecule has 0 bridgehead atoms. The SMILES string of the molecule is Cc1nc(Cl)c(C)c(NCC(O)CC(C)C)n1. The molecular formula is C12H20ClN3O. The highest BCUT2D eigenvalue weighted by molar-refractivity contribution is 6.30. The van der Waals surface area contributed by atoms with E-state index in [0.29, 0.717) is 29.3 Å². The first-order valence-corrected chi connectivity index (χ1v) is 6.20. The smallest absolute Gasteiger partial charge is 0.137 e. The average molecular weight is 258 g/mol. The van der Waals surface area contributed by atoms with Gasteiger partial charge in [0.2, 0.25) is 0 Å². The van der Waals surface area contributed by atoms with Crippen molar-refractivity contribution in [2.24, 2.45) is 5.92 Å². The molecular weight excluding hydrogens is 238 g/mol. The summed E-state index contributed by atoms with van der Waals surface area (Å²) >= 11 is 5.97. The maximum atomic E-state index is 9.77. The molecule has 1 rings (SSSR count). The highest BCUT2D eigenvalue weighted by Crippen LogP contribution is 2.19. The Labute approximate surface area is 107 Å². The molecule has 96 valence electrons. The predicted octanol–water partition coefficient (Wildman–Crippen LogP) is 2.57. The van der Waals surface area contributed by atoms with Crippen molar-refractivity contribution in [1.82, 2.24) is 9.97 Å². The van der Waals surface area contributed by atoms with Crippen LogP contribution >= 0.6 is 11.6 Å². The lowest BCUT2D eigenvalue weighted by Gasteiger charge is -2.15. The van der Waals surface area contributed by atoms with Crippen LogP contribution in [-0.2, 0) is 0 Å².